The zero-order chi connectivity index (χ0) is 62.3. The van der Waals surface area contributed by atoms with Crippen LogP contribution in [0.25, 0.3) is 0 Å². The smallest absolute Gasteiger partial charge is 0.220 e. The molecule has 2 aliphatic heterocycles. The molecule has 0 bridgehead atoms. The Morgan fingerprint density at radius 3 is 1.28 bits per heavy atom. The number of carbonyl (C=O) groups is 1. The molecule has 0 aliphatic carbocycles. The molecule has 2 heterocycles. The van der Waals surface area contributed by atoms with Crippen LogP contribution in [-0.4, -0.2) is 140 Å². The maximum Gasteiger partial charge on any atom is 0.220 e. The number of ether oxygens (including phenoxy) is 4. The van der Waals surface area contributed by atoms with Crippen molar-refractivity contribution in [3.63, 3.8) is 0 Å². The molecular weight excluding hydrogens is 1090 g/mol. The number of hydrogen-bond acceptors (Lipinski definition) is 13. The van der Waals surface area contributed by atoms with Crippen LogP contribution < -0.4 is 5.32 Å². The summed E-state index contributed by atoms with van der Waals surface area (Å²) in [5, 5.41) is 87.3. The van der Waals surface area contributed by atoms with Gasteiger partial charge >= 0.3 is 0 Å². The van der Waals surface area contributed by atoms with Gasteiger partial charge in [-0.1, -0.05) is 252 Å². The van der Waals surface area contributed by atoms with Crippen molar-refractivity contribution in [1.82, 2.24) is 5.32 Å². The van der Waals surface area contributed by atoms with Crippen molar-refractivity contribution in [2.45, 2.75) is 319 Å². The molecule has 12 atom stereocenters. The minimum Gasteiger partial charge on any atom is -0.394 e. The molecule has 86 heavy (non-hydrogen) atoms. The predicted octanol–water partition coefficient (Wildman–Crippen LogP) is 13.6. The molecule has 14 nitrogen and oxygen atoms in total. The van der Waals surface area contributed by atoms with Crippen molar-refractivity contribution >= 4 is 5.91 Å². The number of aliphatic hydroxyl groups is 8. The fourth-order valence-corrected chi connectivity index (χ4v) is 10.5. The van der Waals surface area contributed by atoms with Gasteiger partial charge in [0.05, 0.1) is 32.0 Å². The number of aliphatic hydroxyl groups excluding tert-OH is 8. The van der Waals surface area contributed by atoms with Gasteiger partial charge in [-0.05, 0) is 96.3 Å². The molecule has 494 valence electrons. The van der Waals surface area contributed by atoms with Crippen LogP contribution in [0.3, 0.4) is 0 Å². The van der Waals surface area contributed by atoms with Gasteiger partial charge in [-0.3, -0.25) is 4.79 Å². The fraction of sp³-hybridized carbons (Fsp3) is 0.736. The molecule has 1 amide bonds. The van der Waals surface area contributed by atoms with Gasteiger partial charge < -0.3 is 65.1 Å². The normalized spacial score (nSPS) is 24.1. The predicted molar refractivity (Wildman–Crippen MR) is 350 cm³/mol. The highest BCUT2D eigenvalue weighted by atomic mass is 16.7. The molecule has 0 aromatic rings. The van der Waals surface area contributed by atoms with Gasteiger partial charge in [0.2, 0.25) is 5.91 Å². The van der Waals surface area contributed by atoms with Gasteiger partial charge in [-0.15, -0.1) is 0 Å². The molecule has 0 spiro atoms. The van der Waals surface area contributed by atoms with Crippen molar-refractivity contribution in [2.75, 3.05) is 19.8 Å². The van der Waals surface area contributed by atoms with E-state index in [9.17, 15) is 45.6 Å². The Kier molecular flexibility index (Phi) is 51.0. The Hall–Kier alpha value is -3.35. The van der Waals surface area contributed by atoms with E-state index in [1.807, 2.05) is 6.08 Å². The average Bonchev–Trinajstić information content (AvgIpc) is 2.54. The van der Waals surface area contributed by atoms with E-state index < -0.39 is 86.8 Å². The summed E-state index contributed by atoms with van der Waals surface area (Å²) in [5.74, 6) is -0.298. The lowest BCUT2D eigenvalue weighted by atomic mass is 9.97. The van der Waals surface area contributed by atoms with E-state index in [-0.39, 0.29) is 18.9 Å². The molecule has 12 unspecified atom stereocenters. The van der Waals surface area contributed by atoms with Crippen LogP contribution in [0.5, 0.6) is 0 Å². The van der Waals surface area contributed by atoms with E-state index in [1.54, 1.807) is 6.08 Å². The van der Waals surface area contributed by atoms with E-state index in [2.05, 4.69) is 116 Å². The minimum absolute atomic E-state index is 0.208. The molecule has 0 aromatic carbocycles. The van der Waals surface area contributed by atoms with E-state index in [0.29, 0.717) is 12.8 Å². The summed E-state index contributed by atoms with van der Waals surface area (Å²) >= 11 is 0. The van der Waals surface area contributed by atoms with E-state index in [0.717, 1.165) is 77.0 Å². The number of carbonyl (C=O) groups excluding carboxylic acids is 1. The van der Waals surface area contributed by atoms with E-state index >= 15 is 0 Å². The number of unbranched alkanes of at least 4 members (excludes halogenated alkanes) is 25. The minimum atomic E-state index is -1.80. The molecule has 2 aliphatic rings. The van der Waals surface area contributed by atoms with Crippen LogP contribution in [0, 0.1) is 0 Å². The van der Waals surface area contributed by atoms with E-state index in [4.69, 9.17) is 18.9 Å². The molecule has 0 radical (unpaired) electrons. The molecular formula is C72H123NO13. The first-order valence-corrected chi connectivity index (χ1v) is 34.1. The third-order valence-corrected chi connectivity index (χ3v) is 15.9. The van der Waals surface area contributed by atoms with Crippen molar-refractivity contribution in [3.05, 3.63) is 109 Å². The molecule has 9 N–H and O–H groups in total. The lowest BCUT2D eigenvalue weighted by Crippen LogP contribution is -2.65. The Morgan fingerprint density at radius 2 is 0.814 bits per heavy atom. The SMILES string of the molecule is CC/C=C\C/C=C\C/C=C\C/C=C\C/C=C\C/C=C\CCCCC(=O)NC(COC1OC(CO)C(OC2OC(CO)C(O)C(O)C2O)C(O)C1O)C(O)/C=C/CC/C=C/CC/C=C/CCCCCCCCCCCCCCCCCCCCCCC. The van der Waals surface area contributed by atoms with Crippen LogP contribution >= 0.6 is 0 Å². The van der Waals surface area contributed by atoms with Crippen molar-refractivity contribution in [3.8, 4) is 0 Å². The summed E-state index contributed by atoms with van der Waals surface area (Å²) < 4.78 is 22.8. The Balaban J connectivity index is 1.74. The first-order chi connectivity index (χ1) is 42.1. The topological polar surface area (TPSA) is 228 Å². The number of amides is 1. The molecule has 14 heteroatoms. The third-order valence-electron chi connectivity index (χ3n) is 15.9. The lowest BCUT2D eigenvalue weighted by Gasteiger charge is -2.46. The summed E-state index contributed by atoms with van der Waals surface area (Å²) in [5.41, 5.74) is 0. The van der Waals surface area contributed by atoms with Crippen molar-refractivity contribution in [2.24, 2.45) is 0 Å². The standard InChI is InChI=1S/C72H123NO13/c1-3-5-7-9-11-13-15-17-19-21-23-25-26-27-28-29-30-31-32-33-34-36-37-39-41-43-45-47-49-51-53-55-61(76)60(59-83-71-69(82)67(80)70(63(58-75)85-71)86-72-68(81)66(79)65(78)62(57-74)84-72)73-64(77)56-54-52-50-48-46-44-42-40-38-35-24-22-20-18-16-14-12-10-8-6-4-2/h6,8,12,14,18,20,24,35,37,39-40,42,45-48,53,55,60-63,65-72,74-76,78-82H,3-5,7,9-11,13,15-17,19,21-23,25-34,36,38,41,43-44,49-52,54,56-59H2,1-2H3,(H,73,77)/b8-6-,14-12-,20-18-,35-24-,39-37+,42-40-,47-45+,48-46-,55-53+. The first kappa shape index (κ1) is 78.7. The Morgan fingerprint density at radius 1 is 0.430 bits per heavy atom. The summed E-state index contributed by atoms with van der Waals surface area (Å²) in [4.78, 5) is 13.3. The molecule has 2 saturated heterocycles. The van der Waals surface area contributed by atoms with Crippen LogP contribution in [-0.2, 0) is 23.7 Å². The zero-order valence-electron chi connectivity index (χ0n) is 53.5. The monoisotopic (exact) mass is 1210 g/mol. The lowest BCUT2D eigenvalue weighted by molar-refractivity contribution is -0.359. The Bertz CT molecular complexity index is 1860. The summed E-state index contributed by atoms with van der Waals surface area (Å²) in [7, 11) is 0. The fourth-order valence-electron chi connectivity index (χ4n) is 10.5. The third kappa shape index (κ3) is 39.6. The summed E-state index contributed by atoms with van der Waals surface area (Å²) in [6.45, 7) is 2.64. The summed E-state index contributed by atoms with van der Waals surface area (Å²) in [6, 6.07) is -0.971. The van der Waals surface area contributed by atoms with Crippen LogP contribution in [0.15, 0.2) is 109 Å². The number of rotatable bonds is 54. The van der Waals surface area contributed by atoms with Crippen LogP contribution in [0.2, 0.25) is 0 Å². The largest absolute Gasteiger partial charge is 0.394 e. The highest BCUT2D eigenvalue weighted by molar-refractivity contribution is 5.76. The number of hydrogen-bond donors (Lipinski definition) is 9. The summed E-state index contributed by atoms with van der Waals surface area (Å²) in [6.07, 6.45) is 63.0. The maximum atomic E-state index is 13.3. The highest BCUT2D eigenvalue weighted by Gasteiger charge is 2.51. The van der Waals surface area contributed by atoms with E-state index in [1.165, 1.54) is 135 Å². The average molecular weight is 1210 g/mol. The van der Waals surface area contributed by atoms with Crippen LogP contribution in [0.4, 0.5) is 0 Å². The van der Waals surface area contributed by atoms with Gasteiger partial charge in [0.15, 0.2) is 12.6 Å². The second-order valence-electron chi connectivity index (χ2n) is 23.5. The Labute approximate surface area is 521 Å². The second-order valence-corrected chi connectivity index (χ2v) is 23.5. The highest BCUT2D eigenvalue weighted by Crippen LogP contribution is 2.30. The number of nitrogens with one attached hydrogen (secondary N) is 1. The van der Waals surface area contributed by atoms with Crippen molar-refractivity contribution in [1.29, 1.82) is 0 Å². The zero-order valence-corrected chi connectivity index (χ0v) is 53.5. The van der Waals surface area contributed by atoms with Gasteiger partial charge in [0.25, 0.3) is 0 Å². The molecule has 2 rings (SSSR count). The molecule has 0 saturated carbocycles. The van der Waals surface area contributed by atoms with Crippen LogP contribution in [0.1, 0.15) is 245 Å². The van der Waals surface area contributed by atoms with Gasteiger partial charge in [-0.25, -0.2) is 0 Å². The molecule has 2 fully saturated rings. The molecule has 0 aromatic heterocycles. The second kappa shape index (κ2) is 55.7. The van der Waals surface area contributed by atoms with Crippen molar-refractivity contribution < 1.29 is 64.6 Å². The van der Waals surface area contributed by atoms with Gasteiger partial charge in [0.1, 0.15) is 48.8 Å². The maximum absolute atomic E-state index is 13.3. The van der Waals surface area contributed by atoms with Gasteiger partial charge in [-0.2, -0.15) is 0 Å². The first-order valence-electron chi connectivity index (χ1n) is 34.1. The van der Waals surface area contributed by atoms with Gasteiger partial charge in [0, 0.05) is 6.42 Å². The number of allylic oxidation sites excluding steroid dienone is 17. The quantitative estimate of drug-likeness (QED) is 0.0204.